The second-order valence-corrected chi connectivity index (χ2v) is 5.43. The highest BCUT2D eigenvalue weighted by atomic mass is 19.4. The average Bonchev–Trinajstić information content (AvgIpc) is 2.37. The molecule has 0 amide bonds. The number of rotatable bonds is 6. The van der Waals surface area contributed by atoms with E-state index >= 15 is 0 Å². The van der Waals surface area contributed by atoms with Crippen molar-refractivity contribution in [2.24, 2.45) is 5.41 Å². The number of benzene rings is 1. The first-order chi connectivity index (χ1) is 9.26. The van der Waals surface area contributed by atoms with Crippen molar-refractivity contribution in [2.45, 2.75) is 39.4 Å². The maximum Gasteiger partial charge on any atom is 0.416 e. The summed E-state index contributed by atoms with van der Waals surface area (Å²) >= 11 is 0. The number of alkyl halides is 3. The van der Waals surface area contributed by atoms with Crippen LogP contribution in [-0.2, 0) is 12.7 Å². The predicted octanol–water partition coefficient (Wildman–Crippen LogP) is 4.12. The average molecular weight is 284 g/mol. The van der Waals surface area contributed by atoms with Crippen molar-refractivity contribution in [3.8, 4) is 6.07 Å². The van der Waals surface area contributed by atoms with E-state index < -0.39 is 11.7 Å². The Morgan fingerprint density at radius 2 is 1.85 bits per heavy atom. The van der Waals surface area contributed by atoms with Gasteiger partial charge in [-0.1, -0.05) is 18.2 Å². The van der Waals surface area contributed by atoms with Crippen molar-refractivity contribution in [1.29, 1.82) is 5.26 Å². The first kappa shape index (κ1) is 16.5. The maximum atomic E-state index is 12.8. The van der Waals surface area contributed by atoms with Crippen LogP contribution in [-0.4, -0.2) is 6.54 Å². The first-order valence-corrected chi connectivity index (χ1v) is 6.53. The lowest BCUT2D eigenvalue weighted by Gasteiger charge is -2.16. The smallest absolute Gasteiger partial charge is 0.313 e. The molecule has 2 nitrogen and oxygen atoms in total. The summed E-state index contributed by atoms with van der Waals surface area (Å²) in [5.41, 5.74) is -0.727. The van der Waals surface area contributed by atoms with Crippen LogP contribution in [0.2, 0.25) is 0 Å². The van der Waals surface area contributed by atoms with E-state index in [9.17, 15) is 13.2 Å². The zero-order valence-corrected chi connectivity index (χ0v) is 11.7. The van der Waals surface area contributed by atoms with Gasteiger partial charge in [-0.3, -0.25) is 0 Å². The predicted molar refractivity (Wildman–Crippen MR) is 71.8 cm³/mol. The molecule has 0 saturated carbocycles. The number of halogens is 3. The molecule has 0 saturated heterocycles. The Labute approximate surface area is 117 Å². The summed E-state index contributed by atoms with van der Waals surface area (Å²) in [4.78, 5) is 0. The zero-order chi connectivity index (χ0) is 15.2. The summed E-state index contributed by atoms with van der Waals surface area (Å²) in [6.07, 6.45) is -2.84. The van der Waals surface area contributed by atoms with Gasteiger partial charge in [-0.05, 0) is 44.9 Å². The lowest BCUT2D eigenvalue weighted by atomic mass is 9.90. The summed E-state index contributed by atoms with van der Waals surface area (Å²) in [6, 6.07) is 7.77. The molecule has 0 bridgehead atoms. The summed E-state index contributed by atoms with van der Waals surface area (Å²) < 4.78 is 38.3. The Kier molecular flexibility index (Phi) is 5.58. The minimum absolute atomic E-state index is 0.183. The molecule has 1 N–H and O–H groups in total. The molecular weight excluding hydrogens is 265 g/mol. The van der Waals surface area contributed by atoms with E-state index in [1.165, 1.54) is 12.1 Å². The van der Waals surface area contributed by atoms with Gasteiger partial charge in [0.15, 0.2) is 0 Å². The van der Waals surface area contributed by atoms with E-state index in [1.54, 1.807) is 6.07 Å². The van der Waals surface area contributed by atoms with Gasteiger partial charge in [0.1, 0.15) is 0 Å². The lowest BCUT2D eigenvalue weighted by Crippen LogP contribution is -2.20. The Balaban J connectivity index is 2.46. The van der Waals surface area contributed by atoms with Gasteiger partial charge in [0, 0.05) is 6.54 Å². The molecule has 0 radical (unpaired) electrons. The molecule has 0 fully saturated rings. The fraction of sp³-hybridized carbons (Fsp3) is 0.533. The van der Waals surface area contributed by atoms with Crippen LogP contribution in [0.4, 0.5) is 13.2 Å². The SMILES string of the molecule is CC(C)(C#N)CCCNCc1ccccc1C(F)(F)F. The van der Waals surface area contributed by atoms with Crippen LogP contribution in [0, 0.1) is 16.7 Å². The van der Waals surface area contributed by atoms with Crippen LogP contribution in [0.3, 0.4) is 0 Å². The minimum atomic E-state index is -4.32. The number of hydrogen-bond acceptors (Lipinski definition) is 2. The molecule has 1 aromatic carbocycles. The molecule has 0 spiro atoms. The summed E-state index contributed by atoms with van der Waals surface area (Å²) in [5.74, 6) is 0. The lowest BCUT2D eigenvalue weighted by molar-refractivity contribution is -0.138. The van der Waals surface area contributed by atoms with Gasteiger partial charge in [-0.25, -0.2) is 0 Å². The van der Waals surface area contributed by atoms with E-state index in [0.29, 0.717) is 6.54 Å². The monoisotopic (exact) mass is 284 g/mol. The molecule has 1 rings (SSSR count). The van der Waals surface area contributed by atoms with Gasteiger partial charge in [0.2, 0.25) is 0 Å². The molecule has 0 aliphatic rings. The molecule has 5 heteroatoms. The van der Waals surface area contributed by atoms with Crippen LogP contribution in [0.15, 0.2) is 24.3 Å². The third-order valence-electron chi connectivity index (χ3n) is 3.10. The topological polar surface area (TPSA) is 35.8 Å². The van der Waals surface area contributed by atoms with E-state index in [2.05, 4.69) is 11.4 Å². The number of nitrogens with one attached hydrogen (secondary N) is 1. The van der Waals surface area contributed by atoms with Gasteiger partial charge in [0.25, 0.3) is 0 Å². The van der Waals surface area contributed by atoms with E-state index in [1.807, 2.05) is 13.8 Å². The summed E-state index contributed by atoms with van der Waals surface area (Å²) in [7, 11) is 0. The second-order valence-electron chi connectivity index (χ2n) is 5.43. The van der Waals surface area contributed by atoms with Gasteiger partial charge < -0.3 is 5.32 Å². The van der Waals surface area contributed by atoms with Crippen molar-refractivity contribution >= 4 is 0 Å². The normalized spacial score (nSPS) is 12.2. The molecule has 20 heavy (non-hydrogen) atoms. The van der Waals surface area contributed by atoms with Crippen LogP contribution >= 0.6 is 0 Å². The van der Waals surface area contributed by atoms with Crippen LogP contribution in [0.1, 0.15) is 37.8 Å². The molecule has 0 unspecified atom stereocenters. The van der Waals surface area contributed by atoms with Crippen LogP contribution in [0.5, 0.6) is 0 Å². The van der Waals surface area contributed by atoms with E-state index in [4.69, 9.17) is 5.26 Å². The highest BCUT2D eigenvalue weighted by molar-refractivity contribution is 5.29. The van der Waals surface area contributed by atoms with Crippen LogP contribution < -0.4 is 5.32 Å². The van der Waals surface area contributed by atoms with Gasteiger partial charge in [0.05, 0.1) is 17.0 Å². The Morgan fingerprint density at radius 3 is 2.45 bits per heavy atom. The van der Waals surface area contributed by atoms with Crippen LogP contribution in [0.25, 0.3) is 0 Å². The summed E-state index contributed by atoms with van der Waals surface area (Å²) in [6.45, 7) is 4.48. The molecule has 0 aliphatic carbocycles. The number of hydrogen-bond donors (Lipinski definition) is 1. The highest BCUT2D eigenvalue weighted by Gasteiger charge is 2.32. The summed E-state index contributed by atoms with van der Waals surface area (Å²) in [5, 5.41) is 11.9. The maximum absolute atomic E-state index is 12.8. The van der Waals surface area contributed by atoms with Crippen molar-refractivity contribution in [3.05, 3.63) is 35.4 Å². The van der Waals surface area contributed by atoms with E-state index in [-0.39, 0.29) is 17.5 Å². The first-order valence-electron chi connectivity index (χ1n) is 6.53. The third-order valence-corrected chi connectivity index (χ3v) is 3.10. The van der Waals surface area contributed by atoms with Gasteiger partial charge >= 0.3 is 6.18 Å². The van der Waals surface area contributed by atoms with Crippen molar-refractivity contribution in [3.63, 3.8) is 0 Å². The molecule has 0 aliphatic heterocycles. The molecular formula is C15H19F3N2. The molecule has 0 heterocycles. The molecule has 110 valence electrons. The largest absolute Gasteiger partial charge is 0.416 e. The Bertz CT molecular complexity index is 473. The van der Waals surface area contributed by atoms with Gasteiger partial charge in [-0.2, -0.15) is 18.4 Å². The third kappa shape index (κ3) is 5.22. The minimum Gasteiger partial charge on any atom is -0.313 e. The highest BCUT2D eigenvalue weighted by Crippen LogP contribution is 2.31. The second kappa shape index (κ2) is 6.76. The van der Waals surface area contributed by atoms with E-state index in [0.717, 1.165) is 18.9 Å². The standard InChI is InChI=1S/C15H19F3N2/c1-14(2,11-19)8-5-9-20-10-12-6-3-4-7-13(12)15(16,17)18/h3-4,6-7,20H,5,8-10H2,1-2H3. The zero-order valence-electron chi connectivity index (χ0n) is 11.7. The fourth-order valence-corrected chi connectivity index (χ4v) is 1.89. The Morgan fingerprint density at radius 1 is 1.20 bits per heavy atom. The fourth-order valence-electron chi connectivity index (χ4n) is 1.89. The van der Waals surface area contributed by atoms with Crippen molar-refractivity contribution < 1.29 is 13.2 Å². The van der Waals surface area contributed by atoms with Gasteiger partial charge in [-0.15, -0.1) is 0 Å². The number of nitrogens with zero attached hydrogens (tertiary/aromatic N) is 1. The molecule has 0 atom stereocenters. The number of nitriles is 1. The van der Waals surface area contributed by atoms with Crippen molar-refractivity contribution in [2.75, 3.05) is 6.54 Å². The molecule has 1 aromatic rings. The Hall–Kier alpha value is -1.54. The van der Waals surface area contributed by atoms with Crippen molar-refractivity contribution in [1.82, 2.24) is 5.32 Å². The molecule has 0 aromatic heterocycles. The quantitative estimate of drug-likeness (QED) is 0.797.